The Bertz CT molecular complexity index is 735. The number of hydrogen-bond acceptors (Lipinski definition) is 4. The molecular weight excluding hydrogens is 301 g/mol. The highest BCUT2D eigenvalue weighted by atomic mass is 35.5. The molecule has 0 atom stereocenters. The minimum atomic E-state index is -0.227. The lowest BCUT2D eigenvalue weighted by molar-refractivity contribution is 0.281. The lowest BCUT2D eigenvalue weighted by Gasteiger charge is -2.01. The van der Waals surface area contributed by atoms with Crippen molar-refractivity contribution in [3.8, 4) is 22.8 Å². The summed E-state index contributed by atoms with van der Waals surface area (Å²) in [5.41, 5.74) is 1.70. The Morgan fingerprint density at radius 3 is 2.65 bits per heavy atom. The van der Waals surface area contributed by atoms with Gasteiger partial charge < -0.3 is 14.0 Å². The van der Waals surface area contributed by atoms with Crippen LogP contribution in [-0.2, 0) is 6.61 Å². The van der Waals surface area contributed by atoms with Crippen LogP contribution in [0.25, 0.3) is 22.8 Å². The van der Waals surface area contributed by atoms with Crippen LogP contribution in [0.5, 0.6) is 0 Å². The molecule has 0 saturated heterocycles. The largest absolute Gasteiger partial charge is 0.463 e. The summed E-state index contributed by atoms with van der Waals surface area (Å²) >= 11 is 11.9. The zero-order valence-electron chi connectivity index (χ0n) is 10.1. The van der Waals surface area contributed by atoms with Gasteiger partial charge in [0.15, 0.2) is 17.2 Å². The van der Waals surface area contributed by atoms with Crippen molar-refractivity contribution < 1.29 is 14.0 Å². The fourth-order valence-electron chi connectivity index (χ4n) is 1.93. The molecule has 0 spiro atoms. The van der Waals surface area contributed by atoms with Gasteiger partial charge in [0.1, 0.15) is 0 Å². The first-order chi connectivity index (χ1) is 9.70. The van der Waals surface area contributed by atoms with Gasteiger partial charge in [0.05, 0.1) is 28.5 Å². The Hall–Kier alpha value is -1.75. The van der Waals surface area contributed by atoms with Crippen molar-refractivity contribution in [3.63, 3.8) is 0 Å². The first-order valence-electron chi connectivity index (χ1n) is 5.79. The minimum absolute atomic E-state index is 0.227. The molecule has 0 unspecified atom stereocenters. The average molecular weight is 310 g/mol. The van der Waals surface area contributed by atoms with Gasteiger partial charge in [-0.15, -0.1) is 0 Å². The van der Waals surface area contributed by atoms with Crippen LogP contribution in [0.2, 0.25) is 10.0 Å². The number of aliphatic hydroxyl groups is 1. The predicted octanol–water partition coefficient (Wildman–Crippen LogP) is 4.40. The monoisotopic (exact) mass is 309 g/mol. The summed E-state index contributed by atoms with van der Waals surface area (Å²) < 4.78 is 10.6. The molecule has 0 bridgehead atoms. The van der Waals surface area contributed by atoms with Gasteiger partial charge in [0.2, 0.25) is 0 Å². The van der Waals surface area contributed by atoms with Crippen LogP contribution in [0.1, 0.15) is 5.56 Å². The summed E-state index contributed by atoms with van der Waals surface area (Å²) in [4.78, 5) is 0. The van der Waals surface area contributed by atoms with E-state index in [1.807, 2.05) is 0 Å². The van der Waals surface area contributed by atoms with Gasteiger partial charge in [-0.1, -0.05) is 28.4 Å². The molecule has 0 radical (unpaired) electrons. The molecule has 4 nitrogen and oxygen atoms in total. The van der Waals surface area contributed by atoms with Crippen molar-refractivity contribution in [1.82, 2.24) is 5.16 Å². The van der Waals surface area contributed by atoms with E-state index in [-0.39, 0.29) is 6.61 Å². The first-order valence-corrected chi connectivity index (χ1v) is 6.55. The third-order valence-electron chi connectivity index (χ3n) is 2.88. The molecule has 0 aliphatic carbocycles. The Morgan fingerprint density at radius 1 is 1.15 bits per heavy atom. The second-order valence-electron chi connectivity index (χ2n) is 4.10. The highest BCUT2D eigenvalue weighted by Gasteiger charge is 2.20. The number of hydrogen-bond donors (Lipinski definition) is 1. The molecule has 1 N–H and O–H groups in total. The lowest BCUT2D eigenvalue weighted by Crippen LogP contribution is -1.88. The van der Waals surface area contributed by atoms with E-state index in [9.17, 15) is 5.11 Å². The van der Waals surface area contributed by atoms with Gasteiger partial charge in [-0.25, -0.2) is 0 Å². The van der Waals surface area contributed by atoms with Crippen LogP contribution in [0.15, 0.2) is 45.5 Å². The lowest BCUT2D eigenvalue weighted by atomic mass is 10.1. The molecule has 2 heterocycles. The topological polar surface area (TPSA) is 59.4 Å². The van der Waals surface area contributed by atoms with E-state index in [2.05, 4.69) is 5.16 Å². The van der Waals surface area contributed by atoms with E-state index in [0.29, 0.717) is 38.4 Å². The molecule has 20 heavy (non-hydrogen) atoms. The maximum atomic E-state index is 9.57. The SMILES string of the molecule is OCc1c(-c2ccco2)noc1-c1ccc(Cl)c(Cl)c1. The van der Waals surface area contributed by atoms with Gasteiger partial charge >= 0.3 is 0 Å². The molecule has 0 fully saturated rings. The maximum Gasteiger partial charge on any atom is 0.173 e. The molecule has 0 aliphatic heterocycles. The van der Waals surface area contributed by atoms with Crippen molar-refractivity contribution in [1.29, 1.82) is 0 Å². The molecule has 3 aromatic rings. The van der Waals surface area contributed by atoms with Gasteiger partial charge in [-0.2, -0.15) is 0 Å². The predicted molar refractivity (Wildman–Crippen MR) is 75.6 cm³/mol. The van der Waals surface area contributed by atoms with E-state index in [4.69, 9.17) is 32.1 Å². The highest BCUT2D eigenvalue weighted by molar-refractivity contribution is 6.42. The summed E-state index contributed by atoms with van der Waals surface area (Å²) in [6.45, 7) is -0.227. The Labute approximate surface area is 124 Å². The number of halogens is 2. The van der Waals surface area contributed by atoms with E-state index in [1.165, 1.54) is 6.26 Å². The Morgan fingerprint density at radius 2 is 2.00 bits per heavy atom. The van der Waals surface area contributed by atoms with Gasteiger partial charge in [-0.3, -0.25) is 0 Å². The molecule has 1 aromatic carbocycles. The molecule has 2 aromatic heterocycles. The molecular formula is C14H9Cl2NO3. The normalized spacial score (nSPS) is 10.9. The third kappa shape index (κ3) is 2.22. The van der Waals surface area contributed by atoms with Crippen LogP contribution in [0, 0.1) is 0 Å². The van der Waals surface area contributed by atoms with E-state index >= 15 is 0 Å². The van der Waals surface area contributed by atoms with Crippen molar-refractivity contribution in [3.05, 3.63) is 52.2 Å². The quantitative estimate of drug-likeness (QED) is 0.779. The zero-order chi connectivity index (χ0) is 14.1. The standard InChI is InChI=1S/C14H9Cl2NO3/c15-10-4-3-8(6-11(10)16)14-9(7-18)13(17-20-14)12-2-1-5-19-12/h1-6,18H,7H2. The van der Waals surface area contributed by atoms with E-state index < -0.39 is 0 Å². The summed E-state index contributed by atoms with van der Waals surface area (Å²) in [7, 11) is 0. The van der Waals surface area contributed by atoms with Crippen molar-refractivity contribution in [2.75, 3.05) is 0 Å². The number of nitrogens with zero attached hydrogens (tertiary/aromatic N) is 1. The molecule has 3 rings (SSSR count). The molecule has 102 valence electrons. The fourth-order valence-corrected chi connectivity index (χ4v) is 2.23. The summed E-state index contributed by atoms with van der Waals surface area (Å²) in [5.74, 6) is 0.974. The highest BCUT2D eigenvalue weighted by Crippen LogP contribution is 2.35. The number of furan rings is 1. The molecule has 0 amide bonds. The number of aliphatic hydroxyl groups excluding tert-OH is 1. The summed E-state index contributed by atoms with van der Waals surface area (Å²) in [6, 6.07) is 8.56. The Balaban J connectivity index is 2.13. The van der Waals surface area contributed by atoms with Gasteiger partial charge in [-0.05, 0) is 30.3 Å². The van der Waals surface area contributed by atoms with Crippen LogP contribution >= 0.6 is 23.2 Å². The van der Waals surface area contributed by atoms with E-state index in [1.54, 1.807) is 30.3 Å². The second-order valence-corrected chi connectivity index (χ2v) is 4.92. The Kier molecular flexibility index (Phi) is 3.53. The number of benzene rings is 1. The average Bonchev–Trinajstić information content (AvgIpc) is 3.09. The molecule has 0 saturated carbocycles. The number of aromatic nitrogens is 1. The van der Waals surface area contributed by atoms with Crippen molar-refractivity contribution in [2.24, 2.45) is 0 Å². The number of rotatable bonds is 3. The fraction of sp³-hybridized carbons (Fsp3) is 0.0714. The van der Waals surface area contributed by atoms with Crippen LogP contribution in [-0.4, -0.2) is 10.3 Å². The van der Waals surface area contributed by atoms with Crippen molar-refractivity contribution >= 4 is 23.2 Å². The summed E-state index contributed by atoms with van der Waals surface area (Å²) in [6.07, 6.45) is 1.53. The van der Waals surface area contributed by atoms with Crippen molar-refractivity contribution in [2.45, 2.75) is 6.61 Å². The smallest absolute Gasteiger partial charge is 0.173 e. The van der Waals surface area contributed by atoms with Gasteiger partial charge in [0, 0.05) is 5.56 Å². The molecule has 0 aliphatic rings. The maximum absolute atomic E-state index is 9.57. The van der Waals surface area contributed by atoms with E-state index in [0.717, 1.165) is 0 Å². The van der Waals surface area contributed by atoms with Crippen LogP contribution in [0.3, 0.4) is 0 Å². The van der Waals surface area contributed by atoms with Crippen LogP contribution in [0.4, 0.5) is 0 Å². The summed E-state index contributed by atoms with van der Waals surface area (Å²) in [5, 5.41) is 14.4. The van der Waals surface area contributed by atoms with Gasteiger partial charge in [0.25, 0.3) is 0 Å². The van der Waals surface area contributed by atoms with Crippen LogP contribution < -0.4 is 0 Å². The zero-order valence-corrected chi connectivity index (χ0v) is 11.6. The molecule has 6 heteroatoms. The third-order valence-corrected chi connectivity index (χ3v) is 3.62. The second kappa shape index (κ2) is 5.32. The minimum Gasteiger partial charge on any atom is -0.463 e. The first kappa shape index (κ1) is 13.2.